The predicted molar refractivity (Wildman–Crippen MR) is 179 cm³/mol. The summed E-state index contributed by atoms with van der Waals surface area (Å²) >= 11 is 19.1. The Kier molecular flexibility index (Phi) is 9.10. The number of aromatic nitrogens is 2. The molecule has 0 radical (unpaired) electrons. The fourth-order valence-corrected chi connectivity index (χ4v) is 6.77. The average molecular weight is 689 g/mol. The SMILES string of the molecule is C=CC(=O)N1CCN(c2c(C#N)c(=O)n(C3=C(C)C=CNC3C(C)C)c3nc(-c4c(F)c(Cl)c(F)c(N)c4Cl)c(Cl)cc23)C[C@H]1C. The first-order valence-corrected chi connectivity index (χ1v) is 15.5. The van der Waals surface area contributed by atoms with Crippen LogP contribution in [-0.2, 0) is 4.79 Å². The van der Waals surface area contributed by atoms with E-state index in [0.29, 0.717) is 17.6 Å². The van der Waals surface area contributed by atoms with Crippen molar-refractivity contribution < 1.29 is 13.6 Å². The van der Waals surface area contributed by atoms with Crippen LogP contribution < -0.4 is 21.5 Å². The monoisotopic (exact) mass is 687 g/mol. The van der Waals surface area contributed by atoms with Crippen molar-refractivity contribution in [2.75, 3.05) is 30.3 Å². The van der Waals surface area contributed by atoms with E-state index in [1.54, 1.807) is 17.2 Å². The zero-order valence-corrected chi connectivity index (χ0v) is 27.7. The molecule has 4 heterocycles. The molecule has 240 valence electrons. The molecule has 2 aromatic heterocycles. The van der Waals surface area contributed by atoms with E-state index in [2.05, 4.69) is 18.0 Å². The molecule has 2 aliphatic heterocycles. The Balaban J connectivity index is 1.91. The average Bonchev–Trinajstić information content (AvgIpc) is 3.02. The molecule has 2 aliphatic rings. The van der Waals surface area contributed by atoms with E-state index in [-0.39, 0.29) is 64.6 Å². The van der Waals surface area contributed by atoms with E-state index >= 15 is 4.39 Å². The number of nitriles is 1. The minimum atomic E-state index is -1.23. The number of hydrogen-bond donors (Lipinski definition) is 2. The molecule has 0 aliphatic carbocycles. The number of rotatable bonds is 5. The fourth-order valence-electron chi connectivity index (χ4n) is 6.07. The summed E-state index contributed by atoms with van der Waals surface area (Å²) < 4.78 is 31.5. The molecule has 5 rings (SSSR count). The molecule has 3 N–H and O–H groups in total. The van der Waals surface area contributed by atoms with Crippen molar-refractivity contribution in [1.29, 1.82) is 5.26 Å². The van der Waals surface area contributed by atoms with Crippen molar-refractivity contribution in [1.82, 2.24) is 19.8 Å². The summed E-state index contributed by atoms with van der Waals surface area (Å²) in [6.07, 6.45) is 4.80. The van der Waals surface area contributed by atoms with E-state index in [9.17, 15) is 19.2 Å². The van der Waals surface area contributed by atoms with Gasteiger partial charge >= 0.3 is 0 Å². The second-order valence-electron chi connectivity index (χ2n) is 11.5. The largest absolute Gasteiger partial charge is 0.395 e. The maximum absolute atomic E-state index is 15.6. The van der Waals surface area contributed by atoms with Crippen LogP contribution in [0.3, 0.4) is 0 Å². The highest BCUT2D eigenvalue weighted by Gasteiger charge is 2.34. The zero-order chi connectivity index (χ0) is 33.8. The first-order chi connectivity index (χ1) is 21.7. The molecule has 0 bridgehead atoms. The minimum absolute atomic E-state index is 0.0206. The minimum Gasteiger partial charge on any atom is -0.395 e. The van der Waals surface area contributed by atoms with Crippen LogP contribution in [0.5, 0.6) is 0 Å². The Hall–Kier alpha value is -4.11. The summed E-state index contributed by atoms with van der Waals surface area (Å²) in [7, 11) is 0. The third-order valence-electron chi connectivity index (χ3n) is 8.34. The van der Waals surface area contributed by atoms with Crippen molar-refractivity contribution in [2.45, 2.75) is 39.8 Å². The standard InChI is InChI=1S/C32H30Cl3F2N7O2/c1-6-20(45)43-10-9-42(13-16(43)5)30-17-11-19(33)28(21-22(34)26(39)25(37)23(35)24(21)36)41-31(17)44(32(46)18(30)12-38)29-15(4)7-8-40-27(29)14(2)3/h6-8,11,14,16,27,40H,1,9-10,13,39H2,2-5H3/t16-,27?/m1/s1. The first-order valence-electron chi connectivity index (χ1n) is 14.4. The molecular formula is C32H30Cl3F2N7O2. The van der Waals surface area contributed by atoms with E-state index in [0.717, 1.165) is 5.57 Å². The number of nitrogen functional groups attached to an aromatic ring is 1. The van der Waals surface area contributed by atoms with Crippen molar-refractivity contribution in [3.8, 4) is 17.3 Å². The van der Waals surface area contributed by atoms with Crippen molar-refractivity contribution in [2.24, 2.45) is 5.92 Å². The van der Waals surface area contributed by atoms with Crippen LogP contribution in [-0.4, -0.2) is 52.1 Å². The summed E-state index contributed by atoms with van der Waals surface area (Å²) in [5.41, 5.74) is 5.27. The van der Waals surface area contributed by atoms with Crippen molar-refractivity contribution >= 4 is 68.8 Å². The quantitative estimate of drug-likeness (QED) is 0.139. The Morgan fingerprint density at radius 3 is 2.54 bits per heavy atom. The third kappa shape index (κ3) is 5.28. The van der Waals surface area contributed by atoms with Crippen molar-refractivity contribution in [3.63, 3.8) is 0 Å². The fraction of sp³-hybridized carbons (Fsp3) is 0.312. The number of carbonyl (C=O) groups excluding carboxylic acids is 1. The van der Waals surface area contributed by atoms with E-state index < -0.39 is 38.5 Å². The molecule has 3 aromatic rings. The molecule has 2 atom stereocenters. The second kappa shape index (κ2) is 12.6. The number of piperazine rings is 1. The molecule has 0 spiro atoms. The molecule has 9 nitrogen and oxygen atoms in total. The van der Waals surface area contributed by atoms with Crippen LogP contribution >= 0.6 is 34.8 Å². The number of fused-ring (bicyclic) bond motifs is 1. The summed E-state index contributed by atoms with van der Waals surface area (Å²) in [5, 5.41) is 12.5. The summed E-state index contributed by atoms with van der Waals surface area (Å²) in [6, 6.07) is 2.88. The van der Waals surface area contributed by atoms with Gasteiger partial charge in [-0.1, -0.05) is 55.2 Å². The molecule has 1 fully saturated rings. The Morgan fingerprint density at radius 1 is 1.24 bits per heavy atom. The maximum atomic E-state index is 15.6. The van der Waals surface area contributed by atoms with Gasteiger partial charge in [0, 0.05) is 31.1 Å². The molecule has 14 heteroatoms. The van der Waals surface area contributed by atoms with Crippen LogP contribution in [0.2, 0.25) is 15.1 Å². The van der Waals surface area contributed by atoms with E-state index in [1.165, 1.54) is 16.7 Å². The first kappa shape index (κ1) is 33.3. The van der Waals surface area contributed by atoms with E-state index in [1.807, 2.05) is 32.6 Å². The lowest BCUT2D eigenvalue weighted by atomic mass is 9.94. The maximum Gasteiger partial charge on any atom is 0.276 e. The molecular weight excluding hydrogens is 659 g/mol. The summed E-state index contributed by atoms with van der Waals surface area (Å²) in [4.78, 5) is 35.1. The van der Waals surface area contributed by atoms with Gasteiger partial charge in [-0.2, -0.15) is 5.26 Å². The number of nitrogens with zero attached hydrogens (tertiary/aromatic N) is 5. The van der Waals surface area contributed by atoms with Gasteiger partial charge in [-0.3, -0.25) is 14.2 Å². The number of anilines is 2. The number of nitrogens with one attached hydrogen (secondary N) is 1. The second-order valence-corrected chi connectivity index (χ2v) is 12.7. The zero-order valence-electron chi connectivity index (χ0n) is 25.4. The Labute approximate surface area is 279 Å². The van der Waals surface area contributed by atoms with Gasteiger partial charge in [0.25, 0.3) is 5.56 Å². The van der Waals surface area contributed by atoms with Gasteiger partial charge in [0.2, 0.25) is 5.91 Å². The molecule has 1 saturated heterocycles. The lowest BCUT2D eigenvalue weighted by Gasteiger charge is -2.41. The highest BCUT2D eigenvalue weighted by molar-refractivity contribution is 6.39. The number of amides is 1. The predicted octanol–water partition coefficient (Wildman–Crippen LogP) is 6.35. The lowest BCUT2D eigenvalue weighted by molar-refractivity contribution is -0.128. The smallest absolute Gasteiger partial charge is 0.276 e. The highest BCUT2D eigenvalue weighted by atomic mass is 35.5. The van der Waals surface area contributed by atoms with Crippen LogP contribution in [0.1, 0.15) is 33.3 Å². The lowest BCUT2D eigenvalue weighted by Crippen LogP contribution is -2.54. The van der Waals surface area contributed by atoms with Crippen LogP contribution in [0, 0.1) is 28.9 Å². The van der Waals surface area contributed by atoms with Gasteiger partial charge in [-0.25, -0.2) is 13.8 Å². The molecule has 1 aromatic carbocycles. The number of halogens is 5. The van der Waals surface area contributed by atoms with Crippen LogP contribution in [0.4, 0.5) is 20.2 Å². The molecule has 1 unspecified atom stereocenters. The van der Waals surface area contributed by atoms with Crippen LogP contribution in [0.15, 0.2) is 41.4 Å². The number of hydrogen-bond acceptors (Lipinski definition) is 7. The number of pyridine rings is 2. The highest BCUT2D eigenvalue weighted by Crippen LogP contribution is 2.44. The van der Waals surface area contributed by atoms with Gasteiger partial charge in [-0.05, 0) is 49.8 Å². The summed E-state index contributed by atoms with van der Waals surface area (Å²) in [5.74, 6) is -2.72. The molecule has 46 heavy (non-hydrogen) atoms. The number of dihydropyridines is 1. The number of allylic oxidation sites excluding steroid dienone is 2. The molecule has 0 saturated carbocycles. The Bertz CT molecular complexity index is 1950. The van der Waals surface area contributed by atoms with Crippen molar-refractivity contribution in [3.05, 3.63) is 79.2 Å². The topological polar surface area (TPSA) is 120 Å². The van der Waals surface area contributed by atoms with Gasteiger partial charge in [0.05, 0.1) is 44.4 Å². The summed E-state index contributed by atoms with van der Waals surface area (Å²) in [6.45, 7) is 12.0. The van der Waals surface area contributed by atoms with Gasteiger partial charge in [-0.15, -0.1) is 0 Å². The third-order valence-corrected chi connectivity index (χ3v) is 9.35. The van der Waals surface area contributed by atoms with Gasteiger partial charge in [0.1, 0.15) is 22.3 Å². The number of carbonyl (C=O) groups is 1. The van der Waals surface area contributed by atoms with Crippen LogP contribution in [0.25, 0.3) is 28.0 Å². The number of benzene rings is 1. The van der Waals surface area contributed by atoms with Gasteiger partial charge < -0.3 is 20.9 Å². The number of nitrogens with two attached hydrogens (primary N) is 1. The Morgan fingerprint density at radius 2 is 1.93 bits per heavy atom. The van der Waals surface area contributed by atoms with Gasteiger partial charge in [0.15, 0.2) is 11.6 Å². The normalized spacial score (nSPS) is 18.3. The van der Waals surface area contributed by atoms with E-state index in [4.69, 9.17) is 45.5 Å². The molecule has 1 amide bonds.